The van der Waals surface area contributed by atoms with E-state index in [9.17, 15) is 8.42 Å². The van der Waals surface area contributed by atoms with Crippen molar-refractivity contribution in [2.75, 3.05) is 18.9 Å². The minimum atomic E-state index is -3.55. The molecule has 1 heterocycles. The summed E-state index contributed by atoms with van der Waals surface area (Å²) in [6.45, 7) is 2.86. The SMILES string of the molecule is Cc1c(N)cc(Br)cc1S(=O)(=O)NCCC1CCCCO1. The molecule has 1 atom stereocenters. The summed E-state index contributed by atoms with van der Waals surface area (Å²) in [6.07, 6.45) is 4.11. The van der Waals surface area contributed by atoms with Crippen molar-refractivity contribution in [3.05, 3.63) is 22.2 Å². The molecule has 0 bridgehead atoms. The number of benzene rings is 1. The Morgan fingerprint density at radius 1 is 1.43 bits per heavy atom. The van der Waals surface area contributed by atoms with Crippen molar-refractivity contribution in [2.24, 2.45) is 0 Å². The van der Waals surface area contributed by atoms with E-state index in [0.29, 0.717) is 28.7 Å². The predicted octanol–water partition coefficient (Wildman–Crippen LogP) is 2.58. The molecular formula is C14H21BrN2O3S. The minimum Gasteiger partial charge on any atom is -0.398 e. The summed E-state index contributed by atoms with van der Waals surface area (Å²) < 4.78 is 33.6. The van der Waals surface area contributed by atoms with Gasteiger partial charge in [-0.1, -0.05) is 15.9 Å². The zero-order chi connectivity index (χ0) is 15.5. The second kappa shape index (κ2) is 7.09. The Bertz CT molecular complexity index is 598. The fourth-order valence-electron chi connectivity index (χ4n) is 2.42. The van der Waals surface area contributed by atoms with Crippen LogP contribution in [0.25, 0.3) is 0 Å². The van der Waals surface area contributed by atoms with Gasteiger partial charge in [-0.25, -0.2) is 13.1 Å². The summed E-state index contributed by atoms with van der Waals surface area (Å²) in [4.78, 5) is 0.221. The molecule has 0 amide bonds. The van der Waals surface area contributed by atoms with Crippen LogP contribution in [0.1, 0.15) is 31.2 Å². The van der Waals surface area contributed by atoms with Crippen molar-refractivity contribution >= 4 is 31.6 Å². The molecule has 1 saturated heterocycles. The lowest BCUT2D eigenvalue weighted by Gasteiger charge is -2.22. The van der Waals surface area contributed by atoms with Crippen LogP contribution >= 0.6 is 15.9 Å². The predicted molar refractivity (Wildman–Crippen MR) is 86.7 cm³/mol. The molecule has 1 aromatic rings. The molecule has 118 valence electrons. The molecule has 1 fully saturated rings. The van der Waals surface area contributed by atoms with Crippen molar-refractivity contribution in [1.82, 2.24) is 4.72 Å². The summed E-state index contributed by atoms with van der Waals surface area (Å²) in [5.74, 6) is 0. The first-order valence-electron chi connectivity index (χ1n) is 7.07. The fourth-order valence-corrected chi connectivity index (χ4v) is 4.39. The number of anilines is 1. The smallest absolute Gasteiger partial charge is 0.240 e. The van der Waals surface area contributed by atoms with Crippen molar-refractivity contribution < 1.29 is 13.2 Å². The second-order valence-corrected chi connectivity index (χ2v) is 7.94. The van der Waals surface area contributed by atoms with Crippen LogP contribution in [0.2, 0.25) is 0 Å². The number of sulfonamides is 1. The highest BCUT2D eigenvalue weighted by atomic mass is 79.9. The van der Waals surface area contributed by atoms with Gasteiger partial charge >= 0.3 is 0 Å². The van der Waals surface area contributed by atoms with Crippen LogP contribution in [0.15, 0.2) is 21.5 Å². The van der Waals surface area contributed by atoms with Gasteiger partial charge in [0.2, 0.25) is 10.0 Å². The first-order chi connectivity index (χ1) is 9.90. The Hall–Kier alpha value is -0.630. The number of rotatable bonds is 5. The maximum absolute atomic E-state index is 12.4. The van der Waals surface area contributed by atoms with Gasteiger partial charge in [0.15, 0.2) is 0 Å². The third kappa shape index (κ3) is 4.42. The highest BCUT2D eigenvalue weighted by Gasteiger charge is 2.20. The molecule has 7 heteroatoms. The van der Waals surface area contributed by atoms with Crippen LogP contribution in [0.4, 0.5) is 5.69 Å². The van der Waals surface area contributed by atoms with Gasteiger partial charge in [0.05, 0.1) is 11.0 Å². The molecule has 0 aromatic heterocycles. The van der Waals surface area contributed by atoms with Crippen molar-refractivity contribution in [2.45, 2.75) is 43.6 Å². The van der Waals surface area contributed by atoms with Gasteiger partial charge in [0, 0.05) is 23.3 Å². The van der Waals surface area contributed by atoms with Crippen LogP contribution in [-0.4, -0.2) is 27.7 Å². The highest BCUT2D eigenvalue weighted by molar-refractivity contribution is 9.10. The van der Waals surface area contributed by atoms with Crippen molar-refractivity contribution in [3.8, 4) is 0 Å². The van der Waals surface area contributed by atoms with Crippen molar-refractivity contribution in [3.63, 3.8) is 0 Å². The first kappa shape index (κ1) is 16.7. The Morgan fingerprint density at radius 2 is 2.19 bits per heavy atom. The molecule has 1 aliphatic heterocycles. The Morgan fingerprint density at radius 3 is 2.86 bits per heavy atom. The number of hydrogen-bond acceptors (Lipinski definition) is 4. The average Bonchev–Trinajstić information content (AvgIpc) is 2.43. The summed E-state index contributed by atoms with van der Waals surface area (Å²) in [7, 11) is -3.55. The maximum Gasteiger partial charge on any atom is 0.240 e. The fraction of sp³-hybridized carbons (Fsp3) is 0.571. The highest BCUT2D eigenvalue weighted by Crippen LogP contribution is 2.26. The molecule has 0 saturated carbocycles. The molecule has 2 rings (SSSR count). The lowest BCUT2D eigenvalue weighted by molar-refractivity contribution is 0.0123. The normalized spacial score (nSPS) is 19.6. The largest absolute Gasteiger partial charge is 0.398 e. The number of nitrogen functional groups attached to an aromatic ring is 1. The van der Waals surface area contributed by atoms with Gasteiger partial charge in [-0.3, -0.25) is 0 Å². The molecular weight excluding hydrogens is 356 g/mol. The van der Waals surface area contributed by atoms with Gasteiger partial charge in [-0.15, -0.1) is 0 Å². The number of nitrogens with two attached hydrogens (primary N) is 1. The monoisotopic (exact) mass is 376 g/mol. The number of nitrogens with one attached hydrogen (secondary N) is 1. The zero-order valence-electron chi connectivity index (χ0n) is 12.1. The molecule has 1 aromatic carbocycles. The molecule has 1 aliphatic rings. The molecule has 0 radical (unpaired) electrons. The Balaban J connectivity index is 2.01. The van der Waals surface area contributed by atoms with Gasteiger partial charge in [-0.2, -0.15) is 0 Å². The zero-order valence-corrected chi connectivity index (χ0v) is 14.5. The van der Waals surface area contributed by atoms with Gasteiger partial charge in [0.25, 0.3) is 0 Å². The lowest BCUT2D eigenvalue weighted by atomic mass is 10.1. The minimum absolute atomic E-state index is 0.162. The van der Waals surface area contributed by atoms with E-state index in [1.165, 1.54) is 0 Å². The van der Waals surface area contributed by atoms with E-state index in [4.69, 9.17) is 10.5 Å². The quantitative estimate of drug-likeness (QED) is 0.773. The standard InChI is InChI=1S/C14H21BrN2O3S/c1-10-13(16)8-11(15)9-14(10)21(18,19)17-6-5-12-4-2-3-7-20-12/h8-9,12,17H,2-7,16H2,1H3. The van der Waals surface area contributed by atoms with E-state index in [2.05, 4.69) is 20.7 Å². The molecule has 0 aliphatic carbocycles. The third-order valence-corrected chi connectivity index (χ3v) is 5.73. The summed E-state index contributed by atoms with van der Waals surface area (Å²) in [6, 6.07) is 3.27. The molecule has 21 heavy (non-hydrogen) atoms. The van der Waals surface area contributed by atoms with Gasteiger partial charge in [-0.05, 0) is 50.3 Å². The summed E-state index contributed by atoms with van der Waals surface area (Å²) in [5, 5.41) is 0. The van der Waals surface area contributed by atoms with Crippen LogP contribution in [-0.2, 0) is 14.8 Å². The average molecular weight is 377 g/mol. The Labute approximate surface area is 134 Å². The maximum atomic E-state index is 12.4. The van der Waals surface area contributed by atoms with Crippen LogP contribution < -0.4 is 10.5 Å². The second-order valence-electron chi connectivity index (χ2n) is 5.29. The number of ether oxygens (including phenoxy) is 1. The van der Waals surface area contributed by atoms with E-state index in [1.807, 2.05) is 0 Å². The van der Waals surface area contributed by atoms with Gasteiger partial charge in [0.1, 0.15) is 0 Å². The lowest BCUT2D eigenvalue weighted by Crippen LogP contribution is -2.30. The molecule has 1 unspecified atom stereocenters. The van der Waals surface area contributed by atoms with E-state index < -0.39 is 10.0 Å². The van der Waals surface area contributed by atoms with Gasteiger partial charge < -0.3 is 10.5 Å². The Kier molecular flexibility index (Phi) is 5.65. The third-order valence-electron chi connectivity index (χ3n) is 3.69. The van der Waals surface area contributed by atoms with Crippen molar-refractivity contribution in [1.29, 1.82) is 0 Å². The van der Waals surface area contributed by atoms with E-state index in [-0.39, 0.29) is 11.0 Å². The summed E-state index contributed by atoms with van der Waals surface area (Å²) >= 11 is 3.28. The summed E-state index contributed by atoms with van der Waals surface area (Å²) in [5.41, 5.74) is 6.85. The first-order valence-corrected chi connectivity index (χ1v) is 9.34. The van der Waals surface area contributed by atoms with Crippen LogP contribution in [0.5, 0.6) is 0 Å². The number of hydrogen-bond donors (Lipinski definition) is 2. The molecule has 0 spiro atoms. The van der Waals surface area contributed by atoms with E-state index in [0.717, 1.165) is 25.9 Å². The molecule has 3 N–H and O–H groups in total. The molecule has 5 nitrogen and oxygen atoms in total. The topological polar surface area (TPSA) is 81.4 Å². The van der Waals surface area contributed by atoms with Crippen LogP contribution in [0.3, 0.4) is 0 Å². The van der Waals surface area contributed by atoms with Crippen LogP contribution in [0, 0.1) is 6.92 Å². The number of halogens is 1. The van der Waals surface area contributed by atoms with E-state index in [1.54, 1.807) is 19.1 Å². The van der Waals surface area contributed by atoms with E-state index >= 15 is 0 Å².